The highest BCUT2D eigenvalue weighted by Crippen LogP contribution is 2.31. The van der Waals surface area contributed by atoms with Gasteiger partial charge in [0.05, 0.1) is 0 Å². The topological polar surface area (TPSA) is 103 Å². The highest BCUT2D eigenvalue weighted by Gasteiger charge is 2.26. The normalized spacial score (nSPS) is 14.5. The van der Waals surface area contributed by atoms with Crippen LogP contribution in [0.2, 0.25) is 0 Å². The van der Waals surface area contributed by atoms with E-state index in [0.29, 0.717) is 23.7 Å². The van der Waals surface area contributed by atoms with E-state index in [-0.39, 0.29) is 10.8 Å². The fraction of sp³-hybridized carbons (Fsp3) is 0.353. The number of imidazole rings is 1. The maximum atomic E-state index is 12.6. The van der Waals surface area contributed by atoms with Crippen LogP contribution in [0.25, 0.3) is 11.3 Å². The minimum Gasteiger partial charge on any atom is -0.354 e. The molecule has 0 amide bonds. The maximum Gasteiger partial charge on any atom is 0.282 e. The van der Waals surface area contributed by atoms with Crippen LogP contribution in [-0.2, 0) is 23.0 Å². The lowest BCUT2D eigenvalue weighted by Gasteiger charge is -2.03. The summed E-state index contributed by atoms with van der Waals surface area (Å²) in [6.07, 6.45) is 7.92. The van der Waals surface area contributed by atoms with Crippen molar-refractivity contribution in [1.82, 2.24) is 19.7 Å². The van der Waals surface area contributed by atoms with Gasteiger partial charge in [-0.1, -0.05) is 12.1 Å². The quantitative estimate of drug-likeness (QED) is 0.683. The summed E-state index contributed by atoms with van der Waals surface area (Å²) in [4.78, 5) is 8.29. The lowest BCUT2D eigenvalue weighted by molar-refractivity contribution is 0.435. The van der Waals surface area contributed by atoms with Crippen molar-refractivity contribution < 1.29 is 12.9 Å². The molecule has 0 bridgehead atoms. The van der Waals surface area contributed by atoms with Crippen molar-refractivity contribution in [2.24, 2.45) is 5.92 Å². The van der Waals surface area contributed by atoms with Crippen molar-refractivity contribution in [1.29, 1.82) is 0 Å². The SMILES string of the molecule is CCc1nc(S(=O)(=O)Nc2cc(-c3cccnc3)on2)cn1CC1CC1. The average molecular weight is 373 g/mol. The van der Waals surface area contributed by atoms with Gasteiger partial charge >= 0.3 is 0 Å². The Morgan fingerprint density at radius 1 is 1.38 bits per heavy atom. The molecule has 3 aromatic rings. The number of aromatic nitrogens is 4. The molecule has 8 nitrogen and oxygen atoms in total. The van der Waals surface area contributed by atoms with Gasteiger partial charge in [0.2, 0.25) is 0 Å². The fourth-order valence-electron chi connectivity index (χ4n) is 2.73. The number of pyridine rings is 1. The van der Waals surface area contributed by atoms with Gasteiger partial charge < -0.3 is 9.09 Å². The van der Waals surface area contributed by atoms with E-state index in [1.165, 1.54) is 18.9 Å². The van der Waals surface area contributed by atoms with E-state index in [1.54, 1.807) is 30.7 Å². The number of nitrogens with one attached hydrogen (secondary N) is 1. The van der Waals surface area contributed by atoms with Crippen LogP contribution in [0.4, 0.5) is 5.82 Å². The summed E-state index contributed by atoms with van der Waals surface area (Å²) < 4.78 is 34.9. The van der Waals surface area contributed by atoms with Gasteiger partial charge in [-0.3, -0.25) is 9.71 Å². The largest absolute Gasteiger partial charge is 0.354 e. The molecule has 0 aliphatic heterocycles. The number of nitrogens with zero attached hydrogens (tertiary/aromatic N) is 4. The van der Waals surface area contributed by atoms with Gasteiger partial charge in [0.25, 0.3) is 10.0 Å². The van der Waals surface area contributed by atoms with Gasteiger partial charge in [-0.05, 0) is 30.9 Å². The van der Waals surface area contributed by atoms with Crippen LogP contribution in [0, 0.1) is 5.92 Å². The van der Waals surface area contributed by atoms with E-state index >= 15 is 0 Å². The molecule has 136 valence electrons. The van der Waals surface area contributed by atoms with Crippen LogP contribution < -0.4 is 4.72 Å². The highest BCUT2D eigenvalue weighted by atomic mass is 32.2. The summed E-state index contributed by atoms with van der Waals surface area (Å²) in [7, 11) is -3.83. The van der Waals surface area contributed by atoms with E-state index in [0.717, 1.165) is 12.4 Å². The Bertz CT molecular complexity index is 1010. The second-order valence-electron chi connectivity index (χ2n) is 6.37. The van der Waals surface area contributed by atoms with Crippen molar-refractivity contribution >= 4 is 15.8 Å². The Morgan fingerprint density at radius 3 is 2.92 bits per heavy atom. The molecule has 1 aliphatic rings. The maximum absolute atomic E-state index is 12.6. The van der Waals surface area contributed by atoms with Gasteiger partial charge in [0.15, 0.2) is 16.6 Å². The number of aryl methyl sites for hydroxylation is 1. The lowest BCUT2D eigenvalue weighted by Crippen LogP contribution is -2.13. The number of rotatable bonds is 7. The van der Waals surface area contributed by atoms with E-state index in [9.17, 15) is 8.42 Å². The molecule has 0 unspecified atom stereocenters. The zero-order valence-electron chi connectivity index (χ0n) is 14.3. The second kappa shape index (κ2) is 6.56. The minimum absolute atomic E-state index is 0.000859. The summed E-state index contributed by atoms with van der Waals surface area (Å²) in [5.74, 6) is 1.95. The van der Waals surface area contributed by atoms with Crippen molar-refractivity contribution in [3.05, 3.63) is 42.6 Å². The summed E-state index contributed by atoms with van der Waals surface area (Å²) in [5, 5.41) is 3.78. The van der Waals surface area contributed by atoms with Gasteiger partial charge in [0.1, 0.15) is 5.82 Å². The molecule has 0 aromatic carbocycles. The molecule has 4 rings (SSSR count). The molecule has 1 N–H and O–H groups in total. The molecular weight excluding hydrogens is 354 g/mol. The zero-order chi connectivity index (χ0) is 18.1. The third-order valence-corrected chi connectivity index (χ3v) is 5.50. The van der Waals surface area contributed by atoms with Gasteiger partial charge in [-0.25, -0.2) is 4.98 Å². The number of hydrogen-bond acceptors (Lipinski definition) is 6. The predicted molar refractivity (Wildman–Crippen MR) is 94.9 cm³/mol. The summed E-state index contributed by atoms with van der Waals surface area (Å²) in [6.45, 7) is 2.79. The molecule has 0 spiro atoms. The Hall–Kier alpha value is -2.68. The van der Waals surface area contributed by atoms with E-state index in [4.69, 9.17) is 4.52 Å². The smallest absolute Gasteiger partial charge is 0.282 e. The molecule has 9 heteroatoms. The summed E-state index contributed by atoms with van der Waals surface area (Å²) in [6, 6.07) is 5.09. The van der Waals surface area contributed by atoms with Crippen molar-refractivity contribution in [3.63, 3.8) is 0 Å². The first-order valence-electron chi connectivity index (χ1n) is 8.51. The molecule has 0 saturated heterocycles. The second-order valence-corrected chi connectivity index (χ2v) is 8.00. The molecular formula is C17H19N5O3S. The highest BCUT2D eigenvalue weighted by molar-refractivity contribution is 7.92. The van der Waals surface area contributed by atoms with Crippen LogP contribution in [0.3, 0.4) is 0 Å². The first-order chi connectivity index (χ1) is 12.5. The van der Waals surface area contributed by atoms with Gasteiger partial charge in [-0.2, -0.15) is 8.42 Å². The van der Waals surface area contributed by atoms with E-state index in [2.05, 4.69) is 19.8 Å². The molecule has 26 heavy (non-hydrogen) atoms. The van der Waals surface area contributed by atoms with E-state index < -0.39 is 10.0 Å². The molecule has 3 aromatic heterocycles. The van der Waals surface area contributed by atoms with Crippen LogP contribution in [-0.4, -0.2) is 28.1 Å². The third-order valence-electron chi connectivity index (χ3n) is 4.28. The standard InChI is InChI=1S/C17H19N5O3S/c1-2-16-19-17(11-22(16)10-12-5-6-12)26(23,24)21-15-8-14(25-20-15)13-4-3-7-18-9-13/h3-4,7-9,11-12H,2,5-6,10H2,1H3,(H,20,21). The summed E-state index contributed by atoms with van der Waals surface area (Å²) in [5.41, 5.74) is 0.715. The first kappa shape index (κ1) is 16.8. The Balaban J connectivity index is 1.56. The van der Waals surface area contributed by atoms with E-state index in [1.807, 2.05) is 11.5 Å². The Morgan fingerprint density at radius 2 is 2.23 bits per heavy atom. The number of anilines is 1. The minimum atomic E-state index is -3.83. The average Bonchev–Trinajstić information content (AvgIpc) is 3.16. The molecule has 3 heterocycles. The monoisotopic (exact) mass is 373 g/mol. The van der Waals surface area contributed by atoms with Crippen molar-refractivity contribution in [2.45, 2.75) is 37.8 Å². The molecule has 0 radical (unpaired) electrons. The molecule has 1 fully saturated rings. The van der Waals surface area contributed by atoms with Crippen molar-refractivity contribution in [3.8, 4) is 11.3 Å². The lowest BCUT2D eigenvalue weighted by atomic mass is 10.2. The Kier molecular flexibility index (Phi) is 4.23. The van der Waals surface area contributed by atoms with Crippen LogP contribution in [0.5, 0.6) is 0 Å². The predicted octanol–water partition coefficient (Wildman–Crippen LogP) is 2.71. The van der Waals surface area contributed by atoms with Gasteiger partial charge in [0, 0.05) is 43.2 Å². The number of hydrogen-bond donors (Lipinski definition) is 1. The number of sulfonamides is 1. The van der Waals surface area contributed by atoms with Crippen molar-refractivity contribution in [2.75, 3.05) is 4.72 Å². The molecule has 0 atom stereocenters. The summed E-state index contributed by atoms with van der Waals surface area (Å²) >= 11 is 0. The fourth-order valence-corrected chi connectivity index (χ4v) is 3.70. The Labute approximate surface area is 151 Å². The van der Waals surface area contributed by atoms with Crippen LogP contribution in [0.15, 0.2) is 46.3 Å². The molecule has 1 saturated carbocycles. The third kappa shape index (κ3) is 3.48. The first-order valence-corrected chi connectivity index (χ1v) is 9.99. The van der Waals surface area contributed by atoms with Crippen LogP contribution >= 0.6 is 0 Å². The van der Waals surface area contributed by atoms with Crippen LogP contribution in [0.1, 0.15) is 25.6 Å². The zero-order valence-corrected chi connectivity index (χ0v) is 15.1. The van der Waals surface area contributed by atoms with Gasteiger partial charge in [-0.15, -0.1) is 0 Å². The molecule has 1 aliphatic carbocycles.